The highest BCUT2D eigenvalue weighted by atomic mass is 79.9. The summed E-state index contributed by atoms with van der Waals surface area (Å²) in [6.07, 6.45) is 1.70. The number of halogens is 1. The van der Waals surface area contributed by atoms with Crippen molar-refractivity contribution in [3.8, 4) is 0 Å². The van der Waals surface area contributed by atoms with Crippen LogP contribution in [0.1, 0.15) is 36.8 Å². The number of H-pyrrole nitrogens is 1. The average molecular weight is 432 g/mol. The van der Waals surface area contributed by atoms with Crippen molar-refractivity contribution in [3.05, 3.63) is 72.0 Å². The van der Waals surface area contributed by atoms with Crippen molar-refractivity contribution >= 4 is 27.7 Å². The topological polar surface area (TPSA) is 93.2 Å². The minimum atomic E-state index is -0.587. The maximum Gasteiger partial charge on any atom is 0.337 e. The van der Waals surface area contributed by atoms with E-state index in [9.17, 15) is 14.4 Å². The fraction of sp³-hybridized carbons (Fsp3) is 0.316. The molecule has 0 radical (unpaired) electrons. The number of aromatic nitrogens is 2. The highest BCUT2D eigenvalue weighted by molar-refractivity contribution is 9.10. The molecule has 140 valence electrons. The van der Waals surface area contributed by atoms with Gasteiger partial charge in [0.05, 0.1) is 22.8 Å². The summed E-state index contributed by atoms with van der Waals surface area (Å²) in [5.41, 5.74) is 1.24. The highest BCUT2D eigenvalue weighted by Gasteiger charge is 2.41. The van der Waals surface area contributed by atoms with Gasteiger partial charge in [0.1, 0.15) is 12.4 Å². The summed E-state index contributed by atoms with van der Waals surface area (Å²) < 4.78 is 7.65. The molecule has 2 aliphatic heterocycles. The second-order valence-corrected chi connectivity index (χ2v) is 7.52. The average Bonchev–Trinajstić information content (AvgIpc) is 3.01. The van der Waals surface area contributed by atoms with E-state index in [0.29, 0.717) is 29.2 Å². The Kier molecular flexibility index (Phi) is 4.51. The van der Waals surface area contributed by atoms with Crippen LogP contribution in [0.3, 0.4) is 0 Å². The van der Waals surface area contributed by atoms with Crippen molar-refractivity contribution in [1.82, 2.24) is 9.55 Å². The fourth-order valence-corrected chi connectivity index (χ4v) is 3.87. The molecule has 1 unspecified atom stereocenters. The van der Waals surface area contributed by atoms with E-state index < -0.39 is 23.1 Å². The van der Waals surface area contributed by atoms with Crippen molar-refractivity contribution in [2.24, 2.45) is 0 Å². The van der Waals surface area contributed by atoms with E-state index in [4.69, 9.17) is 4.74 Å². The number of carbonyl (C=O) groups excluding carboxylic acids is 1. The minimum Gasteiger partial charge on any atom is -0.456 e. The second kappa shape index (κ2) is 6.84. The number of esters is 1. The Bertz CT molecular complexity index is 1070. The largest absolute Gasteiger partial charge is 0.456 e. The lowest BCUT2D eigenvalue weighted by molar-refractivity contribution is -0.136. The summed E-state index contributed by atoms with van der Waals surface area (Å²) >= 11 is 3.40. The molecule has 27 heavy (non-hydrogen) atoms. The predicted octanol–water partition coefficient (Wildman–Crippen LogP) is 2.47. The zero-order valence-corrected chi connectivity index (χ0v) is 16.3. The molecule has 3 heterocycles. The van der Waals surface area contributed by atoms with E-state index in [1.54, 1.807) is 4.57 Å². The number of hydrogen-bond donors (Lipinski definition) is 2. The van der Waals surface area contributed by atoms with Gasteiger partial charge in [-0.1, -0.05) is 41.4 Å². The first-order valence-electron chi connectivity index (χ1n) is 8.81. The van der Waals surface area contributed by atoms with Gasteiger partial charge in [0.2, 0.25) is 0 Å². The Balaban J connectivity index is 1.98. The molecule has 0 spiro atoms. The maximum absolute atomic E-state index is 12.8. The molecular weight excluding hydrogens is 414 g/mol. The summed E-state index contributed by atoms with van der Waals surface area (Å²) in [5.74, 6) is -0.583. The van der Waals surface area contributed by atoms with Crippen molar-refractivity contribution in [1.29, 1.82) is 0 Å². The number of benzene rings is 1. The number of hydrogen-bond acceptors (Lipinski definition) is 5. The van der Waals surface area contributed by atoms with Gasteiger partial charge in [-0.05, 0) is 24.1 Å². The van der Waals surface area contributed by atoms with Crippen LogP contribution in [0.5, 0.6) is 0 Å². The molecule has 1 aromatic carbocycles. The molecule has 1 atom stereocenters. The van der Waals surface area contributed by atoms with Gasteiger partial charge >= 0.3 is 11.7 Å². The van der Waals surface area contributed by atoms with E-state index in [1.165, 1.54) is 0 Å². The number of aromatic amines is 1. The Morgan fingerprint density at radius 3 is 2.67 bits per heavy atom. The quantitative estimate of drug-likeness (QED) is 0.725. The molecule has 0 saturated carbocycles. The van der Waals surface area contributed by atoms with Gasteiger partial charge < -0.3 is 10.1 Å². The number of ether oxygens (including phenoxy) is 1. The van der Waals surface area contributed by atoms with Crippen LogP contribution < -0.4 is 16.6 Å². The number of anilines is 1. The molecule has 2 aromatic rings. The molecule has 1 aromatic heterocycles. The van der Waals surface area contributed by atoms with Crippen molar-refractivity contribution in [2.75, 3.05) is 11.9 Å². The standard InChI is InChI=1S/C19H18BrN3O4/c1-2-3-8-23-16-15(17(24)22-19(23)26)13(10-4-6-11(20)7-5-10)14-12(21-16)9-27-18(14)25/h4-7,13,21H,2-3,8-9H2,1H3,(H,22,24,26). The third-order valence-corrected chi connectivity index (χ3v) is 5.44. The number of carbonyl (C=O) groups is 1. The van der Waals surface area contributed by atoms with Crippen molar-refractivity contribution in [3.63, 3.8) is 0 Å². The van der Waals surface area contributed by atoms with Gasteiger partial charge in [0.15, 0.2) is 0 Å². The Hall–Kier alpha value is -2.61. The monoisotopic (exact) mass is 431 g/mol. The summed E-state index contributed by atoms with van der Waals surface area (Å²) in [4.78, 5) is 40.0. The minimum absolute atomic E-state index is 0.107. The summed E-state index contributed by atoms with van der Waals surface area (Å²) in [5, 5.41) is 3.13. The maximum atomic E-state index is 12.8. The van der Waals surface area contributed by atoms with Crippen LogP contribution in [0, 0.1) is 0 Å². The van der Waals surface area contributed by atoms with Crippen LogP contribution in [-0.4, -0.2) is 22.1 Å². The predicted molar refractivity (Wildman–Crippen MR) is 104 cm³/mol. The lowest BCUT2D eigenvalue weighted by Crippen LogP contribution is -2.38. The molecule has 8 heteroatoms. The lowest BCUT2D eigenvalue weighted by atomic mass is 9.83. The van der Waals surface area contributed by atoms with Crippen LogP contribution in [0.2, 0.25) is 0 Å². The molecule has 0 bridgehead atoms. The molecule has 0 saturated heterocycles. The summed E-state index contributed by atoms with van der Waals surface area (Å²) in [6, 6.07) is 7.44. The zero-order chi connectivity index (χ0) is 19.1. The van der Waals surface area contributed by atoms with E-state index in [0.717, 1.165) is 22.9 Å². The van der Waals surface area contributed by atoms with Gasteiger partial charge in [-0.25, -0.2) is 9.59 Å². The number of cyclic esters (lactones) is 1. The van der Waals surface area contributed by atoms with Gasteiger partial charge in [-0.15, -0.1) is 0 Å². The van der Waals surface area contributed by atoms with E-state index in [-0.39, 0.29) is 6.61 Å². The first-order valence-corrected chi connectivity index (χ1v) is 9.60. The van der Waals surface area contributed by atoms with Crippen LogP contribution in [0.25, 0.3) is 0 Å². The molecule has 0 fully saturated rings. The van der Waals surface area contributed by atoms with E-state index in [1.807, 2.05) is 31.2 Å². The first kappa shape index (κ1) is 17.8. The first-order chi connectivity index (χ1) is 13.0. The Morgan fingerprint density at radius 1 is 1.22 bits per heavy atom. The fourth-order valence-electron chi connectivity index (χ4n) is 3.61. The number of fused-ring (bicyclic) bond motifs is 1. The molecule has 2 aliphatic rings. The van der Waals surface area contributed by atoms with E-state index >= 15 is 0 Å². The van der Waals surface area contributed by atoms with Crippen LogP contribution in [0.4, 0.5) is 5.82 Å². The number of nitrogens with zero attached hydrogens (tertiary/aromatic N) is 1. The van der Waals surface area contributed by atoms with Crippen molar-refractivity contribution in [2.45, 2.75) is 32.2 Å². The number of nitrogens with one attached hydrogen (secondary N) is 2. The Morgan fingerprint density at radius 2 is 1.96 bits per heavy atom. The lowest BCUT2D eigenvalue weighted by Gasteiger charge is -2.28. The van der Waals surface area contributed by atoms with E-state index in [2.05, 4.69) is 26.2 Å². The van der Waals surface area contributed by atoms with Gasteiger partial charge in [0.25, 0.3) is 5.56 Å². The molecule has 7 nitrogen and oxygen atoms in total. The number of unbranched alkanes of at least 4 members (excludes halogenated alkanes) is 1. The molecular formula is C19H18BrN3O4. The Labute approximate surface area is 163 Å². The number of rotatable bonds is 4. The smallest absolute Gasteiger partial charge is 0.337 e. The normalized spacial score (nSPS) is 18.0. The molecule has 0 amide bonds. The summed E-state index contributed by atoms with van der Waals surface area (Å²) in [7, 11) is 0. The molecule has 4 rings (SSSR count). The third kappa shape index (κ3) is 2.93. The SMILES string of the molecule is CCCCn1c2c(c(=O)[nH]c1=O)C(c1ccc(Br)cc1)C1=C(COC1=O)N2. The molecule has 2 N–H and O–H groups in total. The third-order valence-electron chi connectivity index (χ3n) is 4.91. The van der Waals surface area contributed by atoms with Crippen LogP contribution in [-0.2, 0) is 16.1 Å². The van der Waals surface area contributed by atoms with Gasteiger partial charge in [0, 0.05) is 11.0 Å². The highest BCUT2D eigenvalue weighted by Crippen LogP contribution is 2.42. The molecule has 0 aliphatic carbocycles. The van der Waals surface area contributed by atoms with Crippen molar-refractivity contribution < 1.29 is 9.53 Å². The van der Waals surface area contributed by atoms with Gasteiger partial charge in [-0.2, -0.15) is 0 Å². The van der Waals surface area contributed by atoms with Gasteiger partial charge in [-0.3, -0.25) is 14.3 Å². The van der Waals surface area contributed by atoms with Crippen LogP contribution in [0.15, 0.2) is 49.6 Å². The summed E-state index contributed by atoms with van der Waals surface area (Å²) in [6.45, 7) is 2.62. The zero-order valence-electron chi connectivity index (χ0n) is 14.7. The van der Waals surface area contributed by atoms with Crippen LogP contribution >= 0.6 is 15.9 Å². The second-order valence-electron chi connectivity index (χ2n) is 6.60.